The molecule has 3 aromatic rings. The van der Waals surface area contributed by atoms with Crippen molar-refractivity contribution in [3.8, 4) is 11.1 Å². The van der Waals surface area contributed by atoms with Crippen LogP contribution in [0.25, 0.3) is 11.1 Å². The smallest absolute Gasteiger partial charge is 0.408 e. The summed E-state index contributed by atoms with van der Waals surface area (Å²) in [5.41, 5.74) is 5.65. The van der Waals surface area contributed by atoms with Crippen molar-refractivity contribution in [3.63, 3.8) is 0 Å². The Hall–Kier alpha value is -4.67. The Bertz CT molecular complexity index is 1290. The molecule has 1 aromatic heterocycles. The molecule has 11 nitrogen and oxygen atoms in total. The molecule has 0 radical (unpaired) electrons. The number of carbonyl (C=O) groups is 4. The second-order valence-corrected chi connectivity index (χ2v) is 8.33. The number of carboxylic acid groups (broad SMARTS) is 2. The number of hydrogen-bond acceptors (Lipinski definition) is 6. The van der Waals surface area contributed by atoms with Gasteiger partial charge in [0.25, 0.3) is 0 Å². The van der Waals surface area contributed by atoms with Gasteiger partial charge in [0.1, 0.15) is 18.7 Å². The van der Waals surface area contributed by atoms with Crippen molar-refractivity contribution in [2.45, 2.75) is 38.0 Å². The summed E-state index contributed by atoms with van der Waals surface area (Å²) in [5.74, 6) is -3.64. The zero-order valence-electron chi connectivity index (χ0n) is 19.1. The third kappa shape index (κ3) is 5.69. The van der Waals surface area contributed by atoms with Crippen LogP contribution in [0.3, 0.4) is 0 Å². The van der Waals surface area contributed by atoms with Gasteiger partial charge < -0.3 is 30.6 Å². The third-order valence-corrected chi connectivity index (χ3v) is 5.89. The highest BCUT2D eigenvalue weighted by Gasteiger charge is 2.29. The molecule has 0 bridgehead atoms. The van der Waals surface area contributed by atoms with Crippen LogP contribution in [0.4, 0.5) is 4.79 Å². The number of hydrogen-bond donors (Lipinski definition) is 5. The normalized spacial score (nSPS) is 13.1. The standard InChI is InChI=1S/C25H24N4O7/c30-22(31)10-20(23(32)28-21(24(33)34)9-16-11-26-13-27-16)29-25(35)36-12-15-5-3-7-18-17-6-2-1-4-14(17)8-19(15)18/h1-7,11,13,20-21H,8-10,12H2,(H,26,27)(H,28,32)(H,29,35)(H,30,31)(H,33,34)/t20-,21-/m0/s1. The van der Waals surface area contributed by atoms with E-state index in [1.165, 1.54) is 18.1 Å². The van der Waals surface area contributed by atoms with Crippen LogP contribution < -0.4 is 10.6 Å². The summed E-state index contributed by atoms with van der Waals surface area (Å²) >= 11 is 0. The molecule has 0 aliphatic heterocycles. The van der Waals surface area contributed by atoms with E-state index in [1.54, 1.807) is 0 Å². The molecule has 11 heteroatoms. The third-order valence-electron chi connectivity index (χ3n) is 5.89. The summed E-state index contributed by atoms with van der Waals surface area (Å²) in [6, 6.07) is 10.8. The molecule has 0 spiro atoms. The van der Waals surface area contributed by atoms with E-state index in [1.807, 2.05) is 42.5 Å². The number of rotatable bonds is 10. The van der Waals surface area contributed by atoms with Gasteiger partial charge in [-0.25, -0.2) is 14.6 Å². The molecule has 0 saturated carbocycles. The van der Waals surface area contributed by atoms with Crippen LogP contribution in [0, 0.1) is 0 Å². The quantitative estimate of drug-likeness (QED) is 0.223. The van der Waals surface area contributed by atoms with Gasteiger partial charge in [-0.2, -0.15) is 0 Å². The molecule has 0 unspecified atom stereocenters. The molecule has 36 heavy (non-hydrogen) atoms. The summed E-state index contributed by atoms with van der Waals surface area (Å²) in [7, 11) is 0. The number of aliphatic carboxylic acids is 2. The molecule has 1 aliphatic rings. The Labute approximate surface area is 205 Å². The van der Waals surface area contributed by atoms with Gasteiger partial charge >= 0.3 is 18.0 Å². The van der Waals surface area contributed by atoms with E-state index < -0.39 is 42.4 Å². The number of carboxylic acids is 2. The average molecular weight is 492 g/mol. The number of alkyl carbamates (subject to hydrolysis) is 1. The summed E-state index contributed by atoms with van der Waals surface area (Å²) in [5, 5.41) is 23.1. The maximum absolute atomic E-state index is 12.7. The van der Waals surface area contributed by atoms with E-state index in [4.69, 9.17) is 4.74 Å². The lowest BCUT2D eigenvalue weighted by molar-refractivity contribution is -0.143. The van der Waals surface area contributed by atoms with Crippen molar-refractivity contribution in [2.75, 3.05) is 0 Å². The van der Waals surface area contributed by atoms with E-state index in [2.05, 4.69) is 20.6 Å². The predicted molar refractivity (Wildman–Crippen MR) is 126 cm³/mol. The highest BCUT2D eigenvalue weighted by atomic mass is 16.5. The Morgan fingerprint density at radius 1 is 1.00 bits per heavy atom. The van der Waals surface area contributed by atoms with Crippen molar-refractivity contribution in [3.05, 3.63) is 77.4 Å². The monoisotopic (exact) mass is 492 g/mol. The zero-order valence-corrected chi connectivity index (χ0v) is 19.1. The van der Waals surface area contributed by atoms with E-state index in [-0.39, 0.29) is 13.0 Å². The van der Waals surface area contributed by atoms with Gasteiger partial charge in [-0.15, -0.1) is 0 Å². The number of carbonyl (C=O) groups excluding carboxylic acids is 2. The molecule has 2 atom stereocenters. The first-order valence-electron chi connectivity index (χ1n) is 11.2. The summed E-state index contributed by atoms with van der Waals surface area (Å²) < 4.78 is 5.30. The molecule has 4 rings (SSSR count). The number of fused-ring (bicyclic) bond motifs is 3. The molecule has 2 amide bonds. The van der Waals surface area contributed by atoms with Gasteiger partial charge in [0.15, 0.2) is 0 Å². The number of nitrogens with one attached hydrogen (secondary N) is 3. The zero-order chi connectivity index (χ0) is 25.7. The van der Waals surface area contributed by atoms with Gasteiger partial charge in [0.05, 0.1) is 12.7 Å². The Balaban J connectivity index is 1.39. The molecule has 2 aromatic carbocycles. The number of aromatic amines is 1. The van der Waals surface area contributed by atoms with Gasteiger partial charge in [-0.1, -0.05) is 42.5 Å². The minimum Gasteiger partial charge on any atom is -0.481 e. The molecule has 0 saturated heterocycles. The number of nitrogens with zero attached hydrogens (tertiary/aromatic N) is 1. The second kappa shape index (κ2) is 10.7. The fraction of sp³-hybridized carbons (Fsp3) is 0.240. The van der Waals surface area contributed by atoms with Crippen LogP contribution in [0.15, 0.2) is 55.0 Å². The first-order chi connectivity index (χ1) is 17.3. The van der Waals surface area contributed by atoms with Crippen molar-refractivity contribution < 1.29 is 34.1 Å². The molecule has 5 N–H and O–H groups in total. The van der Waals surface area contributed by atoms with Crippen LogP contribution in [0.2, 0.25) is 0 Å². The molecular weight excluding hydrogens is 468 g/mol. The highest BCUT2D eigenvalue weighted by molar-refractivity contribution is 5.92. The molecular formula is C25H24N4O7. The van der Waals surface area contributed by atoms with Crippen molar-refractivity contribution in [2.24, 2.45) is 0 Å². The highest BCUT2D eigenvalue weighted by Crippen LogP contribution is 2.38. The first kappa shape index (κ1) is 24.5. The average Bonchev–Trinajstić information content (AvgIpc) is 3.49. The van der Waals surface area contributed by atoms with Crippen LogP contribution in [-0.4, -0.2) is 56.2 Å². The van der Waals surface area contributed by atoms with Crippen LogP contribution in [0.1, 0.15) is 28.8 Å². The molecule has 186 valence electrons. The Kier molecular flexibility index (Phi) is 7.28. The number of H-pyrrole nitrogens is 1. The summed E-state index contributed by atoms with van der Waals surface area (Å²) in [6.45, 7) is -0.0814. The first-order valence-corrected chi connectivity index (χ1v) is 11.2. The van der Waals surface area contributed by atoms with Crippen LogP contribution in [0.5, 0.6) is 0 Å². The van der Waals surface area contributed by atoms with E-state index in [9.17, 15) is 29.4 Å². The number of imidazole rings is 1. The lowest BCUT2D eigenvalue weighted by Crippen LogP contribution is -2.53. The fourth-order valence-electron chi connectivity index (χ4n) is 4.16. The summed E-state index contributed by atoms with van der Waals surface area (Å²) in [6.07, 6.45) is 1.61. The minimum absolute atomic E-state index is 0.0814. The van der Waals surface area contributed by atoms with E-state index >= 15 is 0 Å². The predicted octanol–water partition coefficient (Wildman–Crippen LogP) is 1.86. The van der Waals surface area contributed by atoms with Crippen LogP contribution >= 0.6 is 0 Å². The fourth-order valence-corrected chi connectivity index (χ4v) is 4.16. The maximum atomic E-state index is 12.7. The molecule has 1 aliphatic carbocycles. The van der Waals surface area contributed by atoms with E-state index in [0.717, 1.165) is 22.3 Å². The SMILES string of the molecule is O=C(O)C[C@H](NC(=O)OCc1cccc2c1Cc1ccccc1-2)C(=O)N[C@@H](Cc1cnc[nH]1)C(=O)O. The molecule has 0 fully saturated rings. The van der Waals surface area contributed by atoms with Gasteiger partial charge in [-0.05, 0) is 34.2 Å². The second-order valence-electron chi connectivity index (χ2n) is 8.33. The topological polar surface area (TPSA) is 171 Å². The maximum Gasteiger partial charge on any atom is 0.408 e. The van der Waals surface area contributed by atoms with Crippen molar-refractivity contribution in [1.82, 2.24) is 20.6 Å². The number of benzene rings is 2. The van der Waals surface area contributed by atoms with Crippen LogP contribution in [-0.2, 0) is 38.6 Å². The van der Waals surface area contributed by atoms with Crippen molar-refractivity contribution in [1.29, 1.82) is 0 Å². The lowest BCUT2D eigenvalue weighted by Gasteiger charge is -2.20. The lowest BCUT2D eigenvalue weighted by atomic mass is 10.0. The molecule has 1 heterocycles. The minimum atomic E-state index is -1.54. The van der Waals surface area contributed by atoms with Crippen molar-refractivity contribution >= 4 is 23.9 Å². The Morgan fingerprint density at radius 3 is 2.50 bits per heavy atom. The number of aromatic nitrogens is 2. The Morgan fingerprint density at radius 2 is 1.78 bits per heavy atom. The number of amides is 2. The van der Waals surface area contributed by atoms with Gasteiger partial charge in [0.2, 0.25) is 5.91 Å². The van der Waals surface area contributed by atoms with Gasteiger partial charge in [-0.3, -0.25) is 9.59 Å². The van der Waals surface area contributed by atoms with E-state index in [0.29, 0.717) is 12.1 Å². The summed E-state index contributed by atoms with van der Waals surface area (Å²) in [4.78, 5) is 54.5. The number of ether oxygens (including phenoxy) is 1. The largest absolute Gasteiger partial charge is 0.481 e. The van der Waals surface area contributed by atoms with Gasteiger partial charge in [0, 0.05) is 18.3 Å².